The van der Waals surface area contributed by atoms with Gasteiger partial charge in [0, 0.05) is 6.07 Å². The Morgan fingerprint density at radius 1 is 1.10 bits per heavy atom. The van der Waals surface area contributed by atoms with E-state index in [9.17, 15) is 22.7 Å². The molecule has 0 atom stereocenters. The summed E-state index contributed by atoms with van der Waals surface area (Å²) in [6, 6.07) is 5.64. The molecule has 0 spiro atoms. The maximum absolute atomic E-state index is 14.1. The molecule has 8 heteroatoms. The SMILES string of the molecule is Oc1ccc2ncn(-c3cccc(C(F)(F)F)c3F)c2n1. The summed E-state index contributed by atoms with van der Waals surface area (Å²) in [7, 11) is 0. The van der Waals surface area contributed by atoms with Gasteiger partial charge in [-0.05, 0) is 18.2 Å². The summed E-state index contributed by atoms with van der Waals surface area (Å²) in [5, 5.41) is 9.35. The van der Waals surface area contributed by atoms with Gasteiger partial charge in [0.1, 0.15) is 11.8 Å². The Kier molecular flexibility index (Phi) is 2.82. The van der Waals surface area contributed by atoms with Crippen molar-refractivity contribution >= 4 is 11.2 Å². The molecule has 0 amide bonds. The molecule has 0 saturated heterocycles. The molecule has 0 saturated carbocycles. The van der Waals surface area contributed by atoms with Crippen LogP contribution in [0.15, 0.2) is 36.7 Å². The normalized spacial score (nSPS) is 12.0. The number of benzene rings is 1. The molecule has 0 aliphatic carbocycles. The van der Waals surface area contributed by atoms with Gasteiger partial charge < -0.3 is 5.11 Å². The quantitative estimate of drug-likeness (QED) is 0.701. The van der Waals surface area contributed by atoms with Crippen molar-refractivity contribution in [3.63, 3.8) is 0 Å². The van der Waals surface area contributed by atoms with Gasteiger partial charge in [0.2, 0.25) is 5.88 Å². The number of nitrogens with zero attached hydrogens (tertiary/aromatic N) is 3. The highest BCUT2D eigenvalue weighted by molar-refractivity contribution is 5.73. The molecular formula is C13H7F4N3O. The van der Waals surface area contributed by atoms with E-state index in [1.807, 2.05) is 0 Å². The lowest BCUT2D eigenvalue weighted by Gasteiger charge is -2.11. The number of pyridine rings is 1. The highest BCUT2D eigenvalue weighted by atomic mass is 19.4. The molecule has 2 aromatic heterocycles. The van der Waals surface area contributed by atoms with Gasteiger partial charge in [0.25, 0.3) is 0 Å². The zero-order chi connectivity index (χ0) is 15.2. The predicted octanol–water partition coefficient (Wildman–Crippen LogP) is 3.28. The molecule has 0 unspecified atom stereocenters. The first-order valence-electron chi connectivity index (χ1n) is 5.77. The van der Waals surface area contributed by atoms with Crippen LogP contribution in [0.1, 0.15) is 5.56 Å². The van der Waals surface area contributed by atoms with Crippen LogP contribution in [0.2, 0.25) is 0 Å². The Morgan fingerprint density at radius 2 is 1.86 bits per heavy atom. The first-order chi connectivity index (χ1) is 9.88. The third-order valence-corrected chi connectivity index (χ3v) is 2.92. The van der Waals surface area contributed by atoms with Crippen LogP contribution >= 0.6 is 0 Å². The molecule has 0 aliphatic heterocycles. The minimum absolute atomic E-state index is 0.0632. The highest BCUT2D eigenvalue weighted by Crippen LogP contribution is 2.34. The number of alkyl halides is 3. The van der Waals surface area contributed by atoms with Crippen molar-refractivity contribution in [3.8, 4) is 11.6 Å². The van der Waals surface area contributed by atoms with E-state index in [1.54, 1.807) is 0 Å². The van der Waals surface area contributed by atoms with E-state index in [1.165, 1.54) is 18.2 Å². The second-order valence-corrected chi connectivity index (χ2v) is 4.26. The maximum atomic E-state index is 14.1. The summed E-state index contributed by atoms with van der Waals surface area (Å²) < 4.78 is 53.3. The molecule has 2 heterocycles. The standard InChI is InChI=1S/C13H7F4N3O/c14-11-7(13(15,16)17)2-1-3-9(11)20-6-18-8-4-5-10(21)19-12(8)20/h1-6H,(H,19,21). The van der Waals surface area contributed by atoms with Crippen molar-refractivity contribution in [2.75, 3.05) is 0 Å². The van der Waals surface area contributed by atoms with Gasteiger partial charge in [0.05, 0.1) is 11.3 Å². The average Bonchev–Trinajstić information content (AvgIpc) is 2.80. The molecule has 4 nitrogen and oxygen atoms in total. The van der Waals surface area contributed by atoms with E-state index in [2.05, 4.69) is 9.97 Å². The molecule has 3 aromatic rings. The highest BCUT2D eigenvalue weighted by Gasteiger charge is 2.35. The van der Waals surface area contributed by atoms with E-state index >= 15 is 0 Å². The lowest BCUT2D eigenvalue weighted by Crippen LogP contribution is -2.10. The number of halogens is 4. The van der Waals surface area contributed by atoms with Crippen LogP contribution in [0.3, 0.4) is 0 Å². The molecule has 3 rings (SSSR count). The lowest BCUT2D eigenvalue weighted by molar-refractivity contribution is -0.140. The number of hydrogen-bond donors (Lipinski definition) is 1. The predicted molar refractivity (Wildman–Crippen MR) is 65.5 cm³/mol. The Balaban J connectivity index is 2.26. The van der Waals surface area contributed by atoms with Gasteiger partial charge in [-0.3, -0.25) is 4.57 Å². The Hall–Kier alpha value is -2.64. The topological polar surface area (TPSA) is 50.9 Å². The maximum Gasteiger partial charge on any atom is 0.419 e. The van der Waals surface area contributed by atoms with Gasteiger partial charge in [-0.25, -0.2) is 9.37 Å². The molecule has 1 N–H and O–H groups in total. The first kappa shape index (κ1) is 13.3. The Morgan fingerprint density at radius 3 is 2.57 bits per heavy atom. The van der Waals surface area contributed by atoms with Crippen molar-refractivity contribution in [2.24, 2.45) is 0 Å². The van der Waals surface area contributed by atoms with Gasteiger partial charge >= 0.3 is 6.18 Å². The van der Waals surface area contributed by atoms with Crippen molar-refractivity contribution in [3.05, 3.63) is 48.0 Å². The lowest BCUT2D eigenvalue weighted by atomic mass is 10.1. The number of fused-ring (bicyclic) bond motifs is 1. The summed E-state index contributed by atoms with van der Waals surface area (Å²) in [5.74, 6) is -1.76. The van der Waals surface area contributed by atoms with Crippen LogP contribution in [0.4, 0.5) is 17.6 Å². The van der Waals surface area contributed by atoms with Crippen LogP contribution in [-0.4, -0.2) is 19.6 Å². The second-order valence-electron chi connectivity index (χ2n) is 4.26. The summed E-state index contributed by atoms with van der Waals surface area (Å²) in [5.41, 5.74) is -1.33. The second kappa shape index (κ2) is 4.44. The van der Waals surface area contributed by atoms with Crippen molar-refractivity contribution in [2.45, 2.75) is 6.18 Å². The van der Waals surface area contributed by atoms with Crippen molar-refractivity contribution < 1.29 is 22.7 Å². The average molecular weight is 297 g/mol. The minimum atomic E-state index is -4.80. The molecule has 0 aliphatic rings. The number of hydrogen-bond acceptors (Lipinski definition) is 3. The first-order valence-corrected chi connectivity index (χ1v) is 5.77. The Bertz CT molecular complexity index is 826. The van der Waals surface area contributed by atoms with Crippen LogP contribution in [0.25, 0.3) is 16.9 Å². The molecule has 21 heavy (non-hydrogen) atoms. The smallest absolute Gasteiger partial charge is 0.419 e. The fourth-order valence-electron chi connectivity index (χ4n) is 1.98. The fourth-order valence-corrected chi connectivity index (χ4v) is 1.98. The number of aromatic nitrogens is 3. The van der Waals surface area contributed by atoms with E-state index in [-0.39, 0.29) is 17.2 Å². The van der Waals surface area contributed by atoms with E-state index in [0.717, 1.165) is 17.0 Å². The molecule has 108 valence electrons. The zero-order valence-electron chi connectivity index (χ0n) is 10.3. The van der Waals surface area contributed by atoms with Gasteiger partial charge in [-0.1, -0.05) is 6.07 Å². The van der Waals surface area contributed by atoms with Gasteiger partial charge in [-0.2, -0.15) is 18.2 Å². The molecule has 0 fully saturated rings. The summed E-state index contributed by atoms with van der Waals surface area (Å²) in [6.45, 7) is 0. The third kappa shape index (κ3) is 2.18. The van der Waals surface area contributed by atoms with Crippen molar-refractivity contribution in [1.29, 1.82) is 0 Å². The Labute approximate surface area is 115 Å². The summed E-state index contributed by atoms with van der Waals surface area (Å²) >= 11 is 0. The van der Waals surface area contributed by atoms with Crippen LogP contribution in [-0.2, 0) is 6.18 Å². The molecular weight excluding hydrogens is 290 g/mol. The zero-order valence-corrected chi connectivity index (χ0v) is 10.3. The largest absolute Gasteiger partial charge is 0.493 e. The molecule has 1 aromatic carbocycles. The van der Waals surface area contributed by atoms with E-state index in [4.69, 9.17) is 0 Å². The van der Waals surface area contributed by atoms with Gasteiger partial charge in [0.15, 0.2) is 11.5 Å². The van der Waals surface area contributed by atoms with Crippen LogP contribution in [0, 0.1) is 5.82 Å². The van der Waals surface area contributed by atoms with E-state index < -0.39 is 17.6 Å². The minimum Gasteiger partial charge on any atom is -0.493 e. The fraction of sp³-hybridized carbons (Fsp3) is 0.0769. The monoisotopic (exact) mass is 297 g/mol. The van der Waals surface area contributed by atoms with Crippen LogP contribution in [0.5, 0.6) is 5.88 Å². The van der Waals surface area contributed by atoms with Crippen LogP contribution < -0.4 is 0 Å². The van der Waals surface area contributed by atoms with Crippen molar-refractivity contribution in [1.82, 2.24) is 14.5 Å². The number of imidazole rings is 1. The number of rotatable bonds is 1. The van der Waals surface area contributed by atoms with E-state index in [0.29, 0.717) is 11.6 Å². The molecule has 0 radical (unpaired) electrons. The molecule has 0 bridgehead atoms. The third-order valence-electron chi connectivity index (χ3n) is 2.92. The van der Waals surface area contributed by atoms with Gasteiger partial charge in [-0.15, -0.1) is 0 Å². The summed E-state index contributed by atoms with van der Waals surface area (Å²) in [4.78, 5) is 7.66. The number of aromatic hydroxyl groups is 1. The summed E-state index contributed by atoms with van der Waals surface area (Å²) in [6.07, 6.45) is -3.65.